The molecule has 7 heteroatoms. The number of fused-ring (bicyclic) bond motifs is 2. The van der Waals surface area contributed by atoms with Crippen LogP contribution in [0.3, 0.4) is 0 Å². The molecule has 2 aromatic carbocycles. The maximum absolute atomic E-state index is 13.7. The zero-order valence-corrected chi connectivity index (χ0v) is 14.3. The summed E-state index contributed by atoms with van der Waals surface area (Å²) in [6.07, 6.45) is 1.91. The molecular formula is C19H14FN3O2S. The molecule has 130 valence electrons. The van der Waals surface area contributed by atoms with Crippen molar-refractivity contribution in [1.29, 1.82) is 0 Å². The van der Waals surface area contributed by atoms with Gasteiger partial charge in [0.1, 0.15) is 5.82 Å². The van der Waals surface area contributed by atoms with E-state index in [1.165, 1.54) is 23.5 Å². The number of hydrogen-bond acceptors (Lipinski definition) is 3. The third kappa shape index (κ3) is 3.04. The minimum atomic E-state index is -0.474. The lowest BCUT2D eigenvalue weighted by Gasteiger charge is -2.05. The number of amides is 2. The molecule has 0 atom stereocenters. The number of hydrogen-bond donors (Lipinski definition) is 3. The Balaban J connectivity index is 1.42. The van der Waals surface area contributed by atoms with E-state index in [1.54, 1.807) is 18.3 Å². The lowest BCUT2D eigenvalue weighted by atomic mass is 10.1. The molecular weight excluding hydrogens is 353 g/mol. The summed E-state index contributed by atoms with van der Waals surface area (Å²) in [5.41, 5.74) is 6.58. The van der Waals surface area contributed by atoms with Gasteiger partial charge >= 0.3 is 0 Å². The minimum absolute atomic E-state index is 0.130. The summed E-state index contributed by atoms with van der Waals surface area (Å²) in [6, 6.07) is 13.8. The van der Waals surface area contributed by atoms with Crippen molar-refractivity contribution in [2.75, 3.05) is 0 Å². The molecule has 5 nitrogen and oxygen atoms in total. The van der Waals surface area contributed by atoms with E-state index >= 15 is 0 Å². The van der Waals surface area contributed by atoms with Crippen LogP contribution in [0.15, 0.2) is 54.7 Å². The van der Waals surface area contributed by atoms with Gasteiger partial charge in [0.05, 0.1) is 11.3 Å². The Hall–Kier alpha value is -3.19. The molecule has 0 saturated heterocycles. The Kier molecular flexibility index (Phi) is 4.14. The van der Waals surface area contributed by atoms with Crippen LogP contribution in [0.25, 0.3) is 21.0 Å². The van der Waals surface area contributed by atoms with Crippen LogP contribution >= 0.6 is 11.3 Å². The van der Waals surface area contributed by atoms with Gasteiger partial charge in [-0.3, -0.25) is 20.4 Å². The maximum Gasteiger partial charge on any atom is 0.279 e. The van der Waals surface area contributed by atoms with Gasteiger partial charge in [-0.2, -0.15) is 0 Å². The standard InChI is InChI=1S/C19H14FN3O2S/c20-14-5-3-7-16-13(14)9-17(26-16)19(25)23-22-18(24)8-11-10-21-15-6-2-1-4-12(11)15/h1-7,9-10,21H,8H2,(H,22,24)(H,23,25). The summed E-state index contributed by atoms with van der Waals surface area (Å²) in [5, 5.41) is 1.36. The van der Waals surface area contributed by atoms with E-state index in [4.69, 9.17) is 0 Å². The summed E-state index contributed by atoms with van der Waals surface area (Å²) in [5.74, 6) is -1.19. The summed E-state index contributed by atoms with van der Waals surface area (Å²) in [4.78, 5) is 27.8. The predicted octanol–water partition coefficient (Wildman–Crippen LogP) is 3.53. The molecule has 26 heavy (non-hydrogen) atoms. The van der Waals surface area contributed by atoms with Crippen molar-refractivity contribution in [2.45, 2.75) is 6.42 Å². The van der Waals surface area contributed by atoms with E-state index in [-0.39, 0.29) is 18.1 Å². The van der Waals surface area contributed by atoms with Gasteiger partial charge in [-0.1, -0.05) is 24.3 Å². The van der Waals surface area contributed by atoms with Gasteiger partial charge < -0.3 is 4.98 Å². The van der Waals surface area contributed by atoms with Crippen LogP contribution in [0, 0.1) is 5.82 Å². The first kappa shape index (κ1) is 16.3. The van der Waals surface area contributed by atoms with Gasteiger partial charge in [0, 0.05) is 27.2 Å². The van der Waals surface area contributed by atoms with Crippen molar-refractivity contribution in [3.05, 3.63) is 71.0 Å². The van der Waals surface area contributed by atoms with Gasteiger partial charge in [-0.05, 0) is 29.8 Å². The molecule has 4 aromatic rings. The average Bonchev–Trinajstić information content (AvgIpc) is 3.25. The van der Waals surface area contributed by atoms with Gasteiger partial charge in [-0.15, -0.1) is 11.3 Å². The fourth-order valence-electron chi connectivity index (χ4n) is 2.82. The van der Waals surface area contributed by atoms with Crippen LogP contribution in [0.4, 0.5) is 4.39 Å². The second-order valence-corrected chi connectivity index (χ2v) is 6.88. The SMILES string of the molecule is O=C(Cc1c[nH]c2ccccc12)NNC(=O)c1cc2c(F)cccc2s1. The van der Waals surface area contributed by atoms with E-state index in [1.807, 2.05) is 24.3 Å². The number of aromatic amines is 1. The minimum Gasteiger partial charge on any atom is -0.361 e. The number of rotatable bonds is 3. The number of para-hydroxylation sites is 1. The molecule has 0 saturated carbocycles. The first-order chi connectivity index (χ1) is 12.6. The lowest BCUT2D eigenvalue weighted by Crippen LogP contribution is -2.42. The third-order valence-corrected chi connectivity index (χ3v) is 5.17. The van der Waals surface area contributed by atoms with E-state index < -0.39 is 5.91 Å². The van der Waals surface area contributed by atoms with Gasteiger partial charge in [0.2, 0.25) is 5.91 Å². The van der Waals surface area contributed by atoms with Crippen molar-refractivity contribution < 1.29 is 14.0 Å². The van der Waals surface area contributed by atoms with Crippen molar-refractivity contribution in [3.63, 3.8) is 0 Å². The number of halogens is 1. The van der Waals surface area contributed by atoms with E-state index in [0.717, 1.165) is 16.5 Å². The summed E-state index contributed by atoms with van der Waals surface area (Å²) < 4.78 is 14.4. The number of carbonyl (C=O) groups excluding carboxylic acids is 2. The van der Waals surface area contributed by atoms with Crippen LogP contribution in [0.5, 0.6) is 0 Å². The smallest absolute Gasteiger partial charge is 0.279 e. The number of hydrazine groups is 1. The van der Waals surface area contributed by atoms with Crippen molar-refractivity contribution >= 4 is 44.1 Å². The maximum atomic E-state index is 13.7. The van der Waals surface area contributed by atoms with Crippen molar-refractivity contribution in [2.24, 2.45) is 0 Å². The molecule has 2 heterocycles. The number of benzene rings is 2. The first-order valence-electron chi connectivity index (χ1n) is 7.94. The largest absolute Gasteiger partial charge is 0.361 e. The van der Waals surface area contributed by atoms with Crippen LogP contribution in [0.2, 0.25) is 0 Å². The Morgan fingerprint density at radius 2 is 1.88 bits per heavy atom. The quantitative estimate of drug-likeness (QED) is 0.485. The zero-order chi connectivity index (χ0) is 18.1. The Bertz CT molecular complexity index is 1130. The predicted molar refractivity (Wildman–Crippen MR) is 99.4 cm³/mol. The first-order valence-corrected chi connectivity index (χ1v) is 8.76. The van der Waals surface area contributed by atoms with Crippen LogP contribution in [-0.2, 0) is 11.2 Å². The monoisotopic (exact) mass is 367 g/mol. The molecule has 0 bridgehead atoms. The summed E-state index contributed by atoms with van der Waals surface area (Å²) in [6.45, 7) is 0. The average molecular weight is 367 g/mol. The molecule has 2 amide bonds. The third-order valence-electron chi connectivity index (χ3n) is 4.07. The van der Waals surface area contributed by atoms with Crippen molar-refractivity contribution in [1.82, 2.24) is 15.8 Å². The molecule has 3 N–H and O–H groups in total. The summed E-state index contributed by atoms with van der Waals surface area (Å²) in [7, 11) is 0. The Morgan fingerprint density at radius 3 is 2.73 bits per heavy atom. The number of thiophene rings is 1. The van der Waals surface area contributed by atoms with E-state index in [0.29, 0.717) is 15.0 Å². The zero-order valence-electron chi connectivity index (χ0n) is 13.5. The molecule has 0 aliphatic rings. The van der Waals surface area contributed by atoms with E-state index in [2.05, 4.69) is 15.8 Å². The van der Waals surface area contributed by atoms with Gasteiger partial charge in [0.15, 0.2) is 0 Å². The highest BCUT2D eigenvalue weighted by Crippen LogP contribution is 2.27. The van der Waals surface area contributed by atoms with Crippen molar-refractivity contribution in [3.8, 4) is 0 Å². The van der Waals surface area contributed by atoms with Gasteiger partial charge in [0.25, 0.3) is 5.91 Å². The fraction of sp³-hybridized carbons (Fsp3) is 0.0526. The van der Waals surface area contributed by atoms with Crippen LogP contribution in [-0.4, -0.2) is 16.8 Å². The lowest BCUT2D eigenvalue weighted by molar-refractivity contribution is -0.121. The number of H-pyrrole nitrogens is 1. The molecule has 0 aliphatic heterocycles. The highest BCUT2D eigenvalue weighted by Gasteiger charge is 2.14. The molecule has 4 rings (SSSR count). The van der Waals surface area contributed by atoms with Gasteiger partial charge in [-0.25, -0.2) is 4.39 Å². The normalized spacial score (nSPS) is 11.0. The molecule has 0 spiro atoms. The second-order valence-electron chi connectivity index (χ2n) is 5.80. The highest BCUT2D eigenvalue weighted by molar-refractivity contribution is 7.20. The van der Waals surface area contributed by atoms with E-state index in [9.17, 15) is 14.0 Å². The number of aromatic nitrogens is 1. The Labute approximate surface area is 151 Å². The van der Waals surface area contributed by atoms with Crippen LogP contribution < -0.4 is 10.9 Å². The second kappa shape index (κ2) is 6.61. The molecule has 0 aliphatic carbocycles. The van der Waals surface area contributed by atoms with Crippen LogP contribution in [0.1, 0.15) is 15.2 Å². The highest BCUT2D eigenvalue weighted by atomic mass is 32.1. The topological polar surface area (TPSA) is 74.0 Å². The fourth-order valence-corrected chi connectivity index (χ4v) is 3.79. The number of nitrogens with one attached hydrogen (secondary N) is 3. The Morgan fingerprint density at radius 1 is 1.04 bits per heavy atom. The molecule has 0 unspecified atom stereocenters. The summed E-state index contributed by atoms with van der Waals surface area (Å²) >= 11 is 1.17. The molecule has 0 fully saturated rings. The molecule has 0 radical (unpaired) electrons. The number of carbonyl (C=O) groups is 2. The molecule has 2 aromatic heterocycles.